The van der Waals surface area contributed by atoms with Crippen molar-refractivity contribution in [1.29, 1.82) is 0 Å². The lowest BCUT2D eigenvalue weighted by molar-refractivity contribution is -0.114. The van der Waals surface area contributed by atoms with E-state index < -0.39 is 0 Å². The van der Waals surface area contributed by atoms with Crippen molar-refractivity contribution in [3.8, 4) is 0 Å². The zero-order valence-electron chi connectivity index (χ0n) is 11.3. The lowest BCUT2D eigenvalue weighted by Crippen LogP contribution is -2.21. The van der Waals surface area contributed by atoms with Gasteiger partial charge in [0.05, 0.1) is 6.54 Å². The Morgan fingerprint density at radius 2 is 1.85 bits per heavy atom. The number of carbonyl (C=O) groups is 1. The molecule has 0 bridgehead atoms. The first-order valence-corrected chi connectivity index (χ1v) is 7.35. The number of anilines is 2. The summed E-state index contributed by atoms with van der Waals surface area (Å²) < 4.78 is 0.991. The zero-order chi connectivity index (χ0) is 14.4. The van der Waals surface area contributed by atoms with Gasteiger partial charge in [0.2, 0.25) is 5.91 Å². The van der Waals surface area contributed by atoms with Crippen molar-refractivity contribution in [3.63, 3.8) is 0 Å². The summed E-state index contributed by atoms with van der Waals surface area (Å²) in [5, 5.41) is 5.98. The molecule has 0 saturated heterocycles. The standard InChI is InChI=1S/C16H17BrN2O/c1-2-12-4-3-5-15(10-12)18-11-16(20)19-14-8-6-13(17)7-9-14/h3-10,18H,2,11H2,1H3,(H,19,20). The molecule has 20 heavy (non-hydrogen) atoms. The van der Waals surface area contributed by atoms with Gasteiger partial charge in [-0.05, 0) is 48.4 Å². The van der Waals surface area contributed by atoms with Crippen LogP contribution in [0.3, 0.4) is 0 Å². The quantitative estimate of drug-likeness (QED) is 0.866. The first kappa shape index (κ1) is 14.6. The van der Waals surface area contributed by atoms with Gasteiger partial charge >= 0.3 is 0 Å². The van der Waals surface area contributed by atoms with Crippen LogP contribution in [-0.2, 0) is 11.2 Å². The lowest BCUT2D eigenvalue weighted by Gasteiger charge is -2.09. The summed E-state index contributed by atoms with van der Waals surface area (Å²) in [6.45, 7) is 2.36. The van der Waals surface area contributed by atoms with E-state index in [2.05, 4.69) is 45.6 Å². The van der Waals surface area contributed by atoms with Gasteiger partial charge in [-0.1, -0.05) is 35.0 Å². The molecule has 0 aliphatic heterocycles. The molecular formula is C16H17BrN2O. The summed E-state index contributed by atoms with van der Waals surface area (Å²) in [6.07, 6.45) is 0.987. The third-order valence-corrected chi connectivity index (χ3v) is 3.44. The maximum Gasteiger partial charge on any atom is 0.243 e. The number of amides is 1. The SMILES string of the molecule is CCc1cccc(NCC(=O)Nc2ccc(Br)cc2)c1. The van der Waals surface area contributed by atoms with Crippen molar-refractivity contribution in [2.45, 2.75) is 13.3 Å². The van der Waals surface area contributed by atoms with Gasteiger partial charge in [-0.25, -0.2) is 0 Å². The number of halogens is 1. The van der Waals surface area contributed by atoms with E-state index in [4.69, 9.17) is 0 Å². The van der Waals surface area contributed by atoms with Gasteiger partial charge in [-0.15, -0.1) is 0 Å². The summed E-state index contributed by atoms with van der Waals surface area (Å²) in [5.41, 5.74) is 3.01. The normalized spacial score (nSPS) is 10.1. The summed E-state index contributed by atoms with van der Waals surface area (Å²) >= 11 is 3.36. The molecule has 0 aromatic heterocycles. The van der Waals surface area contributed by atoms with E-state index in [1.165, 1.54) is 5.56 Å². The van der Waals surface area contributed by atoms with E-state index in [1.807, 2.05) is 36.4 Å². The fourth-order valence-electron chi connectivity index (χ4n) is 1.82. The number of hydrogen-bond acceptors (Lipinski definition) is 2. The lowest BCUT2D eigenvalue weighted by atomic mass is 10.1. The summed E-state index contributed by atoms with van der Waals surface area (Å²) in [5.74, 6) is -0.0609. The molecule has 1 amide bonds. The molecule has 0 atom stereocenters. The van der Waals surface area contributed by atoms with Crippen LogP contribution in [0.2, 0.25) is 0 Å². The molecule has 3 nitrogen and oxygen atoms in total. The van der Waals surface area contributed by atoms with E-state index in [9.17, 15) is 4.79 Å². The smallest absolute Gasteiger partial charge is 0.243 e. The molecule has 0 saturated carbocycles. The van der Waals surface area contributed by atoms with E-state index in [0.717, 1.165) is 22.3 Å². The average molecular weight is 333 g/mol. The molecule has 2 aromatic carbocycles. The molecule has 0 spiro atoms. The van der Waals surface area contributed by atoms with Crippen molar-refractivity contribution in [2.75, 3.05) is 17.2 Å². The molecule has 0 aliphatic carbocycles. The van der Waals surface area contributed by atoms with Crippen LogP contribution in [0.25, 0.3) is 0 Å². The summed E-state index contributed by atoms with van der Waals surface area (Å²) in [7, 11) is 0. The van der Waals surface area contributed by atoms with Crippen LogP contribution >= 0.6 is 15.9 Å². The monoisotopic (exact) mass is 332 g/mol. The Kier molecular flexibility index (Phi) is 5.18. The molecule has 2 rings (SSSR count). The van der Waals surface area contributed by atoms with Crippen molar-refractivity contribution in [1.82, 2.24) is 0 Å². The Bertz CT molecular complexity index is 581. The largest absolute Gasteiger partial charge is 0.376 e. The second-order valence-electron chi connectivity index (χ2n) is 4.46. The Hall–Kier alpha value is -1.81. The average Bonchev–Trinajstić information content (AvgIpc) is 2.48. The first-order valence-electron chi connectivity index (χ1n) is 6.55. The number of hydrogen-bond donors (Lipinski definition) is 2. The predicted molar refractivity (Wildman–Crippen MR) is 87.1 cm³/mol. The molecule has 104 valence electrons. The van der Waals surface area contributed by atoms with Crippen LogP contribution < -0.4 is 10.6 Å². The maximum absolute atomic E-state index is 11.8. The molecular weight excluding hydrogens is 316 g/mol. The second-order valence-corrected chi connectivity index (χ2v) is 5.38. The number of carbonyl (C=O) groups excluding carboxylic acids is 1. The van der Waals surface area contributed by atoms with E-state index in [0.29, 0.717) is 0 Å². The molecule has 0 aliphatic rings. The fraction of sp³-hybridized carbons (Fsp3) is 0.188. The highest BCUT2D eigenvalue weighted by Gasteiger charge is 2.02. The highest BCUT2D eigenvalue weighted by Crippen LogP contribution is 2.14. The van der Waals surface area contributed by atoms with Crippen LogP contribution in [0.4, 0.5) is 11.4 Å². The van der Waals surface area contributed by atoms with Crippen molar-refractivity contribution < 1.29 is 4.79 Å². The Morgan fingerprint density at radius 3 is 2.55 bits per heavy atom. The van der Waals surface area contributed by atoms with Gasteiger partial charge in [0.1, 0.15) is 0 Å². The van der Waals surface area contributed by atoms with Gasteiger partial charge < -0.3 is 10.6 Å². The highest BCUT2D eigenvalue weighted by molar-refractivity contribution is 9.10. The minimum atomic E-state index is -0.0609. The van der Waals surface area contributed by atoms with Gasteiger partial charge in [0.15, 0.2) is 0 Å². The van der Waals surface area contributed by atoms with Crippen LogP contribution in [0.1, 0.15) is 12.5 Å². The summed E-state index contributed by atoms with van der Waals surface area (Å²) in [4.78, 5) is 11.8. The molecule has 2 N–H and O–H groups in total. The zero-order valence-corrected chi connectivity index (χ0v) is 12.9. The van der Waals surface area contributed by atoms with Gasteiger partial charge in [0.25, 0.3) is 0 Å². The Balaban J connectivity index is 1.87. The van der Waals surface area contributed by atoms with E-state index in [-0.39, 0.29) is 12.5 Å². The number of aryl methyl sites for hydroxylation is 1. The van der Waals surface area contributed by atoms with Crippen molar-refractivity contribution in [2.24, 2.45) is 0 Å². The van der Waals surface area contributed by atoms with Crippen LogP contribution in [0.15, 0.2) is 53.0 Å². The van der Waals surface area contributed by atoms with E-state index in [1.54, 1.807) is 0 Å². The molecule has 4 heteroatoms. The van der Waals surface area contributed by atoms with Crippen molar-refractivity contribution >= 4 is 33.2 Å². The van der Waals surface area contributed by atoms with E-state index >= 15 is 0 Å². The molecule has 2 aromatic rings. The first-order chi connectivity index (χ1) is 9.67. The van der Waals surface area contributed by atoms with Crippen LogP contribution in [0, 0.1) is 0 Å². The second kappa shape index (κ2) is 7.10. The maximum atomic E-state index is 11.8. The molecule has 0 radical (unpaired) electrons. The highest BCUT2D eigenvalue weighted by atomic mass is 79.9. The minimum Gasteiger partial charge on any atom is -0.376 e. The third-order valence-electron chi connectivity index (χ3n) is 2.92. The minimum absolute atomic E-state index is 0.0609. The summed E-state index contributed by atoms with van der Waals surface area (Å²) in [6, 6.07) is 15.6. The van der Waals surface area contributed by atoms with Crippen LogP contribution in [0.5, 0.6) is 0 Å². The molecule has 0 fully saturated rings. The molecule has 0 heterocycles. The Morgan fingerprint density at radius 1 is 1.10 bits per heavy atom. The fourth-order valence-corrected chi connectivity index (χ4v) is 2.09. The van der Waals surface area contributed by atoms with Crippen LogP contribution in [-0.4, -0.2) is 12.5 Å². The third kappa shape index (κ3) is 4.38. The number of rotatable bonds is 5. The van der Waals surface area contributed by atoms with Crippen molar-refractivity contribution in [3.05, 3.63) is 58.6 Å². The topological polar surface area (TPSA) is 41.1 Å². The Labute approximate surface area is 127 Å². The predicted octanol–water partition coefficient (Wildman–Crippen LogP) is 4.06. The van der Waals surface area contributed by atoms with Gasteiger partial charge in [0, 0.05) is 15.8 Å². The van der Waals surface area contributed by atoms with Gasteiger partial charge in [-0.3, -0.25) is 4.79 Å². The molecule has 0 unspecified atom stereocenters. The number of nitrogens with one attached hydrogen (secondary N) is 2. The number of benzene rings is 2. The van der Waals surface area contributed by atoms with Gasteiger partial charge in [-0.2, -0.15) is 0 Å².